The van der Waals surface area contributed by atoms with E-state index in [9.17, 15) is 9.59 Å². The molecule has 172 valence electrons. The van der Waals surface area contributed by atoms with Crippen LogP contribution in [0.15, 0.2) is 17.2 Å². The number of nitrogens with one attached hydrogen (secondary N) is 1. The standard InChI is InChI=1S/C25H33N3O3S/c1-3-32-24-17(23(29)27-22-15-7-13-6-14(9-15)10-16(22)8-13)4-5-20(26-24)28-11-18-19(12-28)21(18)25(30)31-2/h4-5,13-16,18-19,21-22H,3,6-12H2,1-2H3,(H,27,29)/t13?,14?,15?,16?,18-,19+,21+,22?. The number of pyridine rings is 1. The van der Waals surface area contributed by atoms with Crippen LogP contribution in [0.1, 0.15) is 49.4 Å². The predicted molar refractivity (Wildman–Crippen MR) is 124 cm³/mol. The van der Waals surface area contributed by atoms with Crippen LogP contribution in [0.4, 0.5) is 5.82 Å². The van der Waals surface area contributed by atoms with E-state index < -0.39 is 0 Å². The minimum absolute atomic E-state index is 0.0486. The Morgan fingerprint density at radius 2 is 1.75 bits per heavy atom. The number of rotatable bonds is 6. The first kappa shape index (κ1) is 20.8. The second-order valence-electron chi connectivity index (χ2n) is 10.7. The molecule has 6 fully saturated rings. The molecule has 6 aliphatic rings. The third kappa shape index (κ3) is 3.42. The van der Waals surface area contributed by atoms with Crippen molar-refractivity contribution in [2.45, 2.75) is 50.1 Å². The summed E-state index contributed by atoms with van der Waals surface area (Å²) < 4.78 is 4.92. The van der Waals surface area contributed by atoms with Crippen molar-refractivity contribution in [2.24, 2.45) is 41.4 Å². The van der Waals surface area contributed by atoms with Crippen LogP contribution in [-0.4, -0.2) is 48.9 Å². The number of carbonyl (C=O) groups excluding carboxylic acids is 2. The van der Waals surface area contributed by atoms with Crippen molar-refractivity contribution < 1.29 is 14.3 Å². The second kappa shape index (κ2) is 7.93. The largest absolute Gasteiger partial charge is 0.469 e. The molecular formula is C25H33N3O3S. The zero-order valence-corrected chi connectivity index (χ0v) is 19.8. The van der Waals surface area contributed by atoms with E-state index in [-0.39, 0.29) is 17.8 Å². The number of esters is 1. The Balaban J connectivity index is 1.16. The SMILES string of the molecule is CCSc1nc(N2C[C@@H]3[C@H](C2)[C@H]3C(=O)OC)ccc1C(=O)NC1C2CC3CC(C2)CC1C3. The molecule has 1 aromatic rings. The maximum atomic E-state index is 13.3. The van der Waals surface area contributed by atoms with Crippen molar-refractivity contribution in [3.63, 3.8) is 0 Å². The molecule has 3 atom stereocenters. The van der Waals surface area contributed by atoms with Crippen molar-refractivity contribution in [1.82, 2.24) is 10.3 Å². The van der Waals surface area contributed by atoms with E-state index in [0.29, 0.717) is 35.3 Å². The lowest BCUT2D eigenvalue weighted by atomic mass is 9.54. The molecule has 0 unspecified atom stereocenters. The van der Waals surface area contributed by atoms with Gasteiger partial charge in [0.2, 0.25) is 0 Å². The molecule has 1 N–H and O–H groups in total. The molecule has 7 rings (SSSR count). The molecule has 6 nitrogen and oxygen atoms in total. The van der Waals surface area contributed by atoms with Gasteiger partial charge in [0.25, 0.3) is 5.91 Å². The second-order valence-corrected chi connectivity index (χ2v) is 11.9. The Hall–Kier alpha value is -1.76. The van der Waals surface area contributed by atoms with Crippen molar-refractivity contribution >= 4 is 29.5 Å². The zero-order valence-electron chi connectivity index (χ0n) is 19.0. The van der Waals surface area contributed by atoms with Crippen molar-refractivity contribution in [2.75, 3.05) is 30.9 Å². The lowest BCUT2D eigenvalue weighted by Gasteiger charge is -2.54. The molecule has 1 aromatic heterocycles. The first-order valence-corrected chi connectivity index (χ1v) is 13.3. The molecule has 4 bridgehead atoms. The number of piperidine rings is 1. The number of thioether (sulfide) groups is 1. The Morgan fingerprint density at radius 3 is 2.34 bits per heavy atom. The summed E-state index contributed by atoms with van der Waals surface area (Å²) in [4.78, 5) is 32.4. The van der Waals surface area contributed by atoms with E-state index in [0.717, 1.165) is 41.5 Å². The third-order valence-corrected chi connectivity index (χ3v) is 9.76. The lowest BCUT2D eigenvalue weighted by Crippen LogP contribution is -2.55. The van der Waals surface area contributed by atoms with Crippen molar-refractivity contribution in [3.8, 4) is 0 Å². The first-order chi connectivity index (χ1) is 15.6. The van der Waals surface area contributed by atoms with Gasteiger partial charge in [-0.25, -0.2) is 4.98 Å². The topological polar surface area (TPSA) is 71.5 Å². The van der Waals surface area contributed by atoms with E-state index in [2.05, 4.69) is 17.1 Å². The third-order valence-electron chi connectivity index (χ3n) is 8.89. The summed E-state index contributed by atoms with van der Waals surface area (Å²) in [5.74, 6) is 5.75. The Kier molecular flexibility index (Phi) is 5.16. The van der Waals surface area contributed by atoms with Gasteiger partial charge in [0.05, 0.1) is 18.6 Å². The van der Waals surface area contributed by atoms with Crippen LogP contribution in [0, 0.1) is 41.4 Å². The van der Waals surface area contributed by atoms with Crippen LogP contribution in [0.25, 0.3) is 0 Å². The summed E-state index contributed by atoms with van der Waals surface area (Å²) in [6.07, 6.45) is 6.63. The van der Waals surface area contributed by atoms with Crippen molar-refractivity contribution in [3.05, 3.63) is 17.7 Å². The summed E-state index contributed by atoms with van der Waals surface area (Å²) in [6, 6.07) is 4.30. The molecule has 2 heterocycles. The van der Waals surface area contributed by atoms with Crippen LogP contribution in [-0.2, 0) is 9.53 Å². The molecule has 5 saturated carbocycles. The summed E-state index contributed by atoms with van der Waals surface area (Å²) in [6.45, 7) is 3.78. The fraction of sp³-hybridized carbons (Fsp3) is 0.720. The molecular weight excluding hydrogens is 422 g/mol. The summed E-state index contributed by atoms with van der Waals surface area (Å²) in [5, 5.41) is 4.28. The Bertz CT molecular complexity index is 897. The van der Waals surface area contributed by atoms with E-state index in [1.807, 2.05) is 12.1 Å². The van der Waals surface area contributed by atoms with Crippen LogP contribution < -0.4 is 10.2 Å². The molecule has 1 aliphatic heterocycles. The fourth-order valence-corrected chi connectivity index (χ4v) is 8.36. The van der Waals surface area contributed by atoms with Gasteiger partial charge in [-0.15, -0.1) is 11.8 Å². The molecule has 0 spiro atoms. The van der Waals surface area contributed by atoms with Crippen LogP contribution in [0.2, 0.25) is 0 Å². The lowest BCUT2D eigenvalue weighted by molar-refractivity contribution is -0.142. The number of anilines is 1. The monoisotopic (exact) mass is 455 g/mol. The van der Waals surface area contributed by atoms with Crippen LogP contribution >= 0.6 is 11.8 Å². The number of nitrogens with zero attached hydrogens (tertiary/aromatic N) is 2. The summed E-state index contributed by atoms with van der Waals surface area (Å²) in [5.41, 5.74) is 0.714. The van der Waals surface area contributed by atoms with Gasteiger partial charge in [0.1, 0.15) is 10.8 Å². The molecule has 5 aliphatic carbocycles. The number of amides is 1. The number of hydrogen-bond acceptors (Lipinski definition) is 6. The van der Waals surface area contributed by atoms with E-state index in [1.165, 1.54) is 39.2 Å². The van der Waals surface area contributed by atoms with Gasteiger partial charge in [-0.3, -0.25) is 9.59 Å². The van der Waals surface area contributed by atoms with Gasteiger partial charge < -0.3 is 15.0 Å². The molecule has 0 aromatic carbocycles. The first-order valence-electron chi connectivity index (χ1n) is 12.3. The summed E-state index contributed by atoms with van der Waals surface area (Å²) >= 11 is 1.64. The van der Waals surface area contributed by atoms with Gasteiger partial charge in [0, 0.05) is 19.1 Å². The average Bonchev–Trinajstić information content (AvgIpc) is 3.28. The Morgan fingerprint density at radius 1 is 1.09 bits per heavy atom. The van der Waals surface area contributed by atoms with E-state index in [4.69, 9.17) is 9.72 Å². The number of fused-ring (bicyclic) bond motifs is 1. The van der Waals surface area contributed by atoms with Crippen LogP contribution in [0.3, 0.4) is 0 Å². The Labute approximate surface area is 194 Å². The van der Waals surface area contributed by atoms with Crippen molar-refractivity contribution in [1.29, 1.82) is 0 Å². The quantitative estimate of drug-likeness (QED) is 0.522. The highest BCUT2D eigenvalue weighted by molar-refractivity contribution is 7.99. The van der Waals surface area contributed by atoms with Crippen LogP contribution in [0.5, 0.6) is 0 Å². The number of carbonyl (C=O) groups is 2. The molecule has 32 heavy (non-hydrogen) atoms. The molecule has 1 saturated heterocycles. The molecule has 7 heteroatoms. The number of ether oxygens (including phenoxy) is 1. The van der Waals surface area contributed by atoms with E-state index in [1.54, 1.807) is 11.8 Å². The smallest absolute Gasteiger partial charge is 0.309 e. The molecule has 1 amide bonds. The molecule has 0 radical (unpaired) electrons. The number of hydrogen-bond donors (Lipinski definition) is 1. The van der Waals surface area contributed by atoms with Gasteiger partial charge >= 0.3 is 5.97 Å². The fourth-order valence-electron chi connectivity index (χ4n) is 7.62. The number of methoxy groups -OCH3 is 1. The van der Waals surface area contributed by atoms with Gasteiger partial charge in [0.15, 0.2) is 0 Å². The average molecular weight is 456 g/mol. The minimum atomic E-state index is -0.0772. The summed E-state index contributed by atoms with van der Waals surface area (Å²) in [7, 11) is 1.47. The highest BCUT2D eigenvalue weighted by Crippen LogP contribution is 2.54. The number of aromatic nitrogens is 1. The highest BCUT2D eigenvalue weighted by Gasteiger charge is 2.60. The highest BCUT2D eigenvalue weighted by atomic mass is 32.2. The van der Waals surface area contributed by atoms with Gasteiger partial charge in [-0.2, -0.15) is 0 Å². The van der Waals surface area contributed by atoms with Gasteiger partial charge in [-0.05, 0) is 85.5 Å². The normalized spacial score (nSPS) is 38.5. The maximum absolute atomic E-state index is 13.3. The predicted octanol–water partition coefficient (Wildman–Crippen LogP) is 3.60. The van der Waals surface area contributed by atoms with E-state index >= 15 is 0 Å². The maximum Gasteiger partial charge on any atom is 0.309 e. The van der Waals surface area contributed by atoms with Gasteiger partial charge in [-0.1, -0.05) is 6.92 Å². The minimum Gasteiger partial charge on any atom is -0.469 e. The zero-order chi connectivity index (χ0) is 22.0.